The van der Waals surface area contributed by atoms with E-state index >= 15 is 0 Å². The molecule has 5 rings (SSSR count). The van der Waals surface area contributed by atoms with Crippen LogP contribution in [0.5, 0.6) is 11.6 Å². The van der Waals surface area contributed by atoms with Crippen LogP contribution in [0, 0.1) is 18.3 Å². The Balaban J connectivity index is 1.79. The molecule has 0 unspecified atom stereocenters. The zero-order chi connectivity index (χ0) is 22.6. The summed E-state index contributed by atoms with van der Waals surface area (Å²) in [6.45, 7) is 3.96. The Hall–Kier alpha value is -3.90. The lowest BCUT2D eigenvalue weighted by Crippen LogP contribution is -2.60. The molecule has 4 heterocycles. The third-order valence-electron chi connectivity index (χ3n) is 5.86. The minimum atomic E-state index is -1.25. The molecule has 2 N–H and O–H groups in total. The standard InChI is InChI=1S/C23H21N5O4/c1-12-4-5-15-16(6-12)13(2)31-18-7-14(9-26-21(18)25)19-17(8-24)28(3)27-22(19)32-23(20(15)29)10-30-11-23/h4-7,9,13H,10-11H2,1-3H3,(H2,25,26)/t13-/m1/s1. The topological polar surface area (TPSA) is 125 Å². The quantitative estimate of drug-likeness (QED) is 0.576. The summed E-state index contributed by atoms with van der Waals surface area (Å²) in [5, 5.41) is 14.1. The Bertz CT molecular complexity index is 1300. The molecule has 1 fully saturated rings. The number of nitriles is 1. The first-order valence-electron chi connectivity index (χ1n) is 10.1. The molecule has 2 bridgehead atoms. The van der Waals surface area contributed by atoms with E-state index in [0.717, 1.165) is 5.56 Å². The number of hydrogen-bond acceptors (Lipinski definition) is 8. The number of nitrogen functional groups attached to an aromatic ring is 1. The van der Waals surface area contributed by atoms with Crippen LogP contribution in [-0.4, -0.2) is 39.4 Å². The van der Waals surface area contributed by atoms with E-state index in [1.807, 2.05) is 26.0 Å². The fourth-order valence-corrected chi connectivity index (χ4v) is 4.08. The maximum atomic E-state index is 13.8. The highest BCUT2D eigenvalue weighted by Crippen LogP contribution is 2.41. The van der Waals surface area contributed by atoms with Gasteiger partial charge in [-0.2, -0.15) is 5.26 Å². The number of Topliss-reactive ketones (excluding diaryl/α,β-unsaturated/α-hetero) is 1. The van der Waals surface area contributed by atoms with Crippen molar-refractivity contribution in [2.75, 3.05) is 18.9 Å². The van der Waals surface area contributed by atoms with Crippen LogP contribution in [0.15, 0.2) is 30.5 Å². The molecule has 0 radical (unpaired) electrons. The summed E-state index contributed by atoms with van der Waals surface area (Å²) in [6.07, 6.45) is 1.04. The monoisotopic (exact) mass is 431 g/mol. The lowest BCUT2D eigenvalue weighted by Gasteiger charge is -2.40. The van der Waals surface area contributed by atoms with Crippen LogP contribution < -0.4 is 15.2 Å². The SMILES string of the molecule is Cc1ccc2c(c1)[C@@H](C)Oc1cc(cnc1N)-c1c(nn(C)c1C#N)OC1(COC1)C2=O. The molecule has 1 aromatic carbocycles. The van der Waals surface area contributed by atoms with E-state index in [-0.39, 0.29) is 36.4 Å². The van der Waals surface area contributed by atoms with Crippen LogP contribution in [0.3, 0.4) is 0 Å². The van der Waals surface area contributed by atoms with E-state index in [4.69, 9.17) is 19.9 Å². The molecular formula is C23H21N5O4. The molecule has 0 amide bonds. The number of pyridine rings is 1. The first kappa shape index (κ1) is 20.0. The third kappa shape index (κ3) is 2.92. The fraction of sp³-hybridized carbons (Fsp3) is 0.304. The summed E-state index contributed by atoms with van der Waals surface area (Å²) >= 11 is 0. The molecular weight excluding hydrogens is 410 g/mol. The molecule has 9 nitrogen and oxygen atoms in total. The highest BCUT2D eigenvalue weighted by Gasteiger charge is 2.51. The van der Waals surface area contributed by atoms with E-state index in [1.54, 1.807) is 19.2 Å². The van der Waals surface area contributed by atoms with Gasteiger partial charge in [-0.1, -0.05) is 23.8 Å². The number of rotatable bonds is 0. The molecule has 2 aliphatic rings. The third-order valence-corrected chi connectivity index (χ3v) is 5.86. The van der Waals surface area contributed by atoms with Gasteiger partial charge in [0.1, 0.15) is 17.9 Å². The first-order chi connectivity index (χ1) is 15.3. The maximum Gasteiger partial charge on any atom is 0.243 e. The molecule has 3 aromatic rings. The number of aromatic nitrogens is 3. The number of benzene rings is 1. The molecule has 1 saturated heterocycles. The van der Waals surface area contributed by atoms with Crippen molar-refractivity contribution >= 4 is 11.6 Å². The van der Waals surface area contributed by atoms with Crippen molar-refractivity contribution in [2.45, 2.75) is 25.6 Å². The maximum absolute atomic E-state index is 13.8. The van der Waals surface area contributed by atoms with Gasteiger partial charge < -0.3 is 19.9 Å². The number of nitrogens with zero attached hydrogens (tertiary/aromatic N) is 4. The number of nitrogens with two attached hydrogens (primary N) is 1. The predicted molar refractivity (Wildman–Crippen MR) is 114 cm³/mol. The average Bonchev–Trinajstić information content (AvgIpc) is 3.05. The van der Waals surface area contributed by atoms with Crippen LogP contribution in [0.25, 0.3) is 11.1 Å². The number of carbonyl (C=O) groups is 1. The number of ether oxygens (including phenoxy) is 3. The minimum absolute atomic E-state index is 0.0809. The van der Waals surface area contributed by atoms with Gasteiger partial charge in [0.2, 0.25) is 17.3 Å². The Morgan fingerprint density at radius 1 is 1.31 bits per heavy atom. The Labute approximate surface area is 184 Å². The van der Waals surface area contributed by atoms with E-state index in [1.165, 1.54) is 10.9 Å². The lowest BCUT2D eigenvalue weighted by atomic mass is 9.86. The van der Waals surface area contributed by atoms with Crippen molar-refractivity contribution < 1.29 is 19.0 Å². The van der Waals surface area contributed by atoms with Gasteiger partial charge in [0.25, 0.3) is 0 Å². The van der Waals surface area contributed by atoms with E-state index in [9.17, 15) is 10.1 Å². The van der Waals surface area contributed by atoms with Crippen molar-refractivity contribution in [1.29, 1.82) is 5.26 Å². The smallest absolute Gasteiger partial charge is 0.243 e. The van der Waals surface area contributed by atoms with Gasteiger partial charge in [-0.3, -0.25) is 9.48 Å². The highest BCUT2D eigenvalue weighted by atomic mass is 16.6. The van der Waals surface area contributed by atoms with Crippen molar-refractivity contribution in [2.24, 2.45) is 7.05 Å². The largest absolute Gasteiger partial charge is 0.482 e. The molecule has 1 atom stereocenters. The van der Waals surface area contributed by atoms with Crippen LogP contribution in [0.4, 0.5) is 5.82 Å². The molecule has 0 saturated carbocycles. The summed E-state index contributed by atoms with van der Waals surface area (Å²) in [5.74, 6) is 0.475. The first-order valence-corrected chi connectivity index (χ1v) is 10.1. The zero-order valence-electron chi connectivity index (χ0n) is 17.9. The lowest BCUT2D eigenvalue weighted by molar-refractivity contribution is -0.134. The molecule has 32 heavy (non-hydrogen) atoms. The van der Waals surface area contributed by atoms with Gasteiger partial charge in [-0.15, -0.1) is 5.10 Å². The van der Waals surface area contributed by atoms with Gasteiger partial charge >= 0.3 is 0 Å². The molecule has 2 aromatic heterocycles. The van der Waals surface area contributed by atoms with Crippen molar-refractivity contribution in [3.63, 3.8) is 0 Å². The van der Waals surface area contributed by atoms with Gasteiger partial charge in [0.05, 0.1) is 18.8 Å². The molecule has 2 aliphatic heterocycles. The second kappa shape index (κ2) is 7.07. The van der Waals surface area contributed by atoms with Gasteiger partial charge in [-0.05, 0) is 19.9 Å². The second-order valence-electron chi connectivity index (χ2n) is 8.14. The summed E-state index contributed by atoms with van der Waals surface area (Å²) in [6, 6.07) is 9.44. The number of fused-ring (bicyclic) bond motifs is 5. The van der Waals surface area contributed by atoms with Gasteiger partial charge in [0.15, 0.2) is 11.6 Å². The van der Waals surface area contributed by atoms with Crippen molar-refractivity contribution in [3.05, 3.63) is 52.8 Å². The number of anilines is 1. The van der Waals surface area contributed by atoms with Crippen LogP contribution in [0.2, 0.25) is 0 Å². The molecule has 162 valence electrons. The summed E-state index contributed by atoms with van der Waals surface area (Å²) in [4.78, 5) is 18.0. The minimum Gasteiger partial charge on any atom is -0.482 e. The highest BCUT2D eigenvalue weighted by molar-refractivity contribution is 6.05. The molecule has 1 spiro atoms. The summed E-state index contributed by atoms with van der Waals surface area (Å²) in [5.41, 5.74) is 8.26. The van der Waals surface area contributed by atoms with Gasteiger partial charge in [-0.25, -0.2) is 4.98 Å². The Morgan fingerprint density at radius 2 is 2.09 bits per heavy atom. The second-order valence-corrected chi connectivity index (χ2v) is 8.14. The van der Waals surface area contributed by atoms with E-state index in [2.05, 4.69) is 16.2 Å². The average molecular weight is 431 g/mol. The van der Waals surface area contributed by atoms with E-state index < -0.39 is 11.7 Å². The van der Waals surface area contributed by atoms with Crippen LogP contribution >= 0.6 is 0 Å². The number of ketones is 1. The fourth-order valence-electron chi connectivity index (χ4n) is 4.08. The van der Waals surface area contributed by atoms with Crippen molar-refractivity contribution in [3.8, 4) is 28.8 Å². The van der Waals surface area contributed by atoms with Gasteiger partial charge in [0, 0.05) is 29.9 Å². The number of aryl methyl sites for hydroxylation is 2. The van der Waals surface area contributed by atoms with Crippen LogP contribution in [-0.2, 0) is 11.8 Å². The summed E-state index contributed by atoms with van der Waals surface area (Å²) in [7, 11) is 1.64. The number of carbonyl (C=O) groups excluding carboxylic acids is 1. The zero-order valence-corrected chi connectivity index (χ0v) is 17.9. The van der Waals surface area contributed by atoms with Crippen molar-refractivity contribution in [1.82, 2.24) is 14.8 Å². The Kier molecular flexibility index (Phi) is 4.42. The molecule has 0 aliphatic carbocycles. The predicted octanol–water partition coefficient (Wildman–Crippen LogP) is 2.73. The Morgan fingerprint density at radius 3 is 2.78 bits per heavy atom. The number of hydrogen-bond donors (Lipinski definition) is 1. The summed E-state index contributed by atoms with van der Waals surface area (Å²) < 4.78 is 19.3. The van der Waals surface area contributed by atoms with Crippen LogP contribution in [0.1, 0.15) is 40.2 Å². The molecule has 9 heteroatoms. The van der Waals surface area contributed by atoms with E-state index in [0.29, 0.717) is 28.0 Å². The normalized spacial score (nSPS) is 18.7.